The number of alkyl halides is 3. The Morgan fingerprint density at radius 2 is 2.03 bits per heavy atom. The van der Waals surface area contributed by atoms with E-state index in [0.717, 1.165) is 11.7 Å². The van der Waals surface area contributed by atoms with E-state index < -0.39 is 42.1 Å². The average molecular weight is 467 g/mol. The molecule has 3 aromatic rings. The maximum atomic E-state index is 12.8. The number of carbonyl (C=O) groups is 1. The first-order chi connectivity index (χ1) is 15.6. The summed E-state index contributed by atoms with van der Waals surface area (Å²) in [6.07, 6.45) is -5.25. The maximum Gasteiger partial charge on any atom is 0.434 e. The summed E-state index contributed by atoms with van der Waals surface area (Å²) in [5.74, 6) is -0.750. The summed E-state index contributed by atoms with van der Waals surface area (Å²) in [6, 6.07) is 2.29. The molecule has 0 aromatic carbocycles. The number of nitrogens with zero attached hydrogens (tertiary/aromatic N) is 5. The quantitative estimate of drug-likeness (QED) is 0.410. The molecule has 0 bridgehead atoms. The highest BCUT2D eigenvalue weighted by atomic mass is 19.4. The van der Waals surface area contributed by atoms with Gasteiger partial charge >= 0.3 is 6.18 Å². The van der Waals surface area contributed by atoms with Crippen LogP contribution < -0.4 is 10.6 Å². The molecule has 11 nitrogen and oxygen atoms in total. The SMILES string of the molecule is Cn1cnc2nc(C(=O)NC[C@H]3OC[C@H](Nc4cncc(C(F)(F)F)n4)[C@@H](O)[C@H]3O)ccc21. The number of hydrogen-bond donors (Lipinski definition) is 4. The molecule has 0 unspecified atom stereocenters. The van der Waals surface area contributed by atoms with Crippen LogP contribution in [0.4, 0.5) is 19.0 Å². The second kappa shape index (κ2) is 8.88. The van der Waals surface area contributed by atoms with Crippen LogP contribution in [0.25, 0.3) is 11.2 Å². The minimum absolute atomic E-state index is 0.120. The number of imidazole rings is 1. The van der Waals surface area contributed by atoms with E-state index in [1.807, 2.05) is 0 Å². The Kier molecular flexibility index (Phi) is 6.14. The van der Waals surface area contributed by atoms with E-state index >= 15 is 0 Å². The minimum atomic E-state index is -4.68. The Bertz CT molecular complexity index is 1160. The predicted octanol–water partition coefficient (Wildman–Crippen LogP) is 0.108. The van der Waals surface area contributed by atoms with Gasteiger partial charge in [-0.1, -0.05) is 0 Å². The molecule has 4 heterocycles. The number of rotatable bonds is 5. The zero-order chi connectivity index (χ0) is 23.8. The Morgan fingerprint density at radius 1 is 1.24 bits per heavy atom. The van der Waals surface area contributed by atoms with Crippen molar-refractivity contribution in [2.24, 2.45) is 7.05 Å². The van der Waals surface area contributed by atoms with Gasteiger partial charge in [-0.3, -0.25) is 9.78 Å². The molecule has 1 amide bonds. The van der Waals surface area contributed by atoms with Crippen molar-refractivity contribution in [3.05, 3.63) is 42.2 Å². The van der Waals surface area contributed by atoms with Crippen molar-refractivity contribution in [2.45, 2.75) is 30.5 Å². The first-order valence-electron chi connectivity index (χ1n) is 9.83. The van der Waals surface area contributed by atoms with Crippen LogP contribution in [0, 0.1) is 0 Å². The summed E-state index contributed by atoms with van der Waals surface area (Å²) < 4.78 is 45.7. The first-order valence-corrected chi connectivity index (χ1v) is 9.83. The number of anilines is 1. The van der Waals surface area contributed by atoms with E-state index in [0.29, 0.717) is 11.8 Å². The molecule has 0 aliphatic carbocycles. The molecule has 33 heavy (non-hydrogen) atoms. The normalized spacial score (nSPS) is 23.5. The molecule has 1 fully saturated rings. The molecule has 1 aliphatic rings. The van der Waals surface area contributed by atoms with Gasteiger partial charge in [0.05, 0.1) is 36.9 Å². The van der Waals surface area contributed by atoms with Crippen molar-refractivity contribution in [3.63, 3.8) is 0 Å². The fourth-order valence-corrected chi connectivity index (χ4v) is 3.38. The minimum Gasteiger partial charge on any atom is -0.388 e. The number of aryl methyl sites for hydroxylation is 1. The van der Waals surface area contributed by atoms with Crippen molar-refractivity contribution in [1.82, 2.24) is 29.8 Å². The van der Waals surface area contributed by atoms with Crippen LogP contribution in [0.1, 0.15) is 16.2 Å². The van der Waals surface area contributed by atoms with E-state index in [1.165, 1.54) is 6.07 Å². The van der Waals surface area contributed by atoms with E-state index in [4.69, 9.17) is 4.74 Å². The number of nitrogens with one attached hydrogen (secondary N) is 2. The van der Waals surface area contributed by atoms with Gasteiger partial charge in [0.25, 0.3) is 5.91 Å². The van der Waals surface area contributed by atoms with Gasteiger partial charge in [0.15, 0.2) is 11.3 Å². The number of fused-ring (bicyclic) bond motifs is 1. The molecule has 4 N–H and O–H groups in total. The fraction of sp³-hybridized carbons (Fsp3) is 0.421. The molecule has 14 heteroatoms. The van der Waals surface area contributed by atoms with Crippen molar-refractivity contribution >= 4 is 22.9 Å². The van der Waals surface area contributed by atoms with Crippen LogP contribution in [0.5, 0.6) is 0 Å². The Balaban J connectivity index is 1.34. The molecular weight excluding hydrogens is 447 g/mol. The van der Waals surface area contributed by atoms with Crippen molar-refractivity contribution in [1.29, 1.82) is 0 Å². The van der Waals surface area contributed by atoms with Gasteiger partial charge in [-0.2, -0.15) is 13.2 Å². The number of aliphatic hydroxyl groups is 2. The Hall–Kier alpha value is -3.36. The third-order valence-electron chi connectivity index (χ3n) is 5.18. The van der Waals surface area contributed by atoms with Gasteiger partial charge in [0, 0.05) is 13.6 Å². The highest BCUT2D eigenvalue weighted by Crippen LogP contribution is 2.28. The average Bonchev–Trinajstić information content (AvgIpc) is 3.16. The monoisotopic (exact) mass is 467 g/mol. The van der Waals surface area contributed by atoms with Crippen molar-refractivity contribution < 1.29 is 32.9 Å². The molecule has 1 saturated heterocycles. The topological polar surface area (TPSA) is 147 Å². The molecular formula is C19H20F3N7O4. The zero-order valence-electron chi connectivity index (χ0n) is 17.2. The van der Waals surface area contributed by atoms with Crippen LogP contribution in [-0.4, -0.2) is 78.1 Å². The molecule has 0 radical (unpaired) electrons. The van der Waals surface area contributed by atoms with Crippen molar-refractivity contribution in [2.75, 3.05) is 18.5 Å². The highest BCUT2D eigenvalue weighted by Gasteiger charge is 2.39. The number of aromatic nitrogens is 5. The lowest BCUT2D eigenvalue weighted by Gasteiger charge is -2.38. The zero-order valence-corrected chi connectivity index (χ0v) is 17.2. The third kappa shape index (κ3) is 4.86. The number of halogens is 3. The van der Waals surface area contributed by atoms with Crippen molar-refractivity contribution in [3.8, 4) is 0 Å². The summed E-state index contributed by atoms with van der Waals surface area (Å²) >= 11 is 0. The molecule has 0 spiro atoms. The highest BCUT2D eigenvalue weighted by molar-refractivity contribution is 5.94. The fourth-order valence-electron chi connectivity index (χ4n) is 3.38. The van der Waals surface area contributed by atoms with Gasteiger partial charge in [-0.05, 0) is 12.1 Å². The molecule has 176 valence electrons. The number of carbonyl (C=O) groups excluding carboxylic acids is 1. The standard InChI is InChI=1S/C19H20F3N7O4/c1-29-8-25-17-11(29)3-2-9(27-17)18(32)24-4-12-16(31)15(30)10(7-33-12)26-14-6-23-5-13(28-14)19(20,21)22/h2-3,5-6,8,10,12,15-16,30-31H,4,7H2,1H3,(H,24,32)(H,26,28)/t10-,12+,15+,16-/m0/s1. The lowest BCUT2D eigenvalue weighted by atomic mass is 9.98. The maximum absolute atomic E-state index is 12.8. The van der Waals surface area contributed by atoms with Gasteiger partial charge < -0.3 is 30.2 Å². The summed E-state index contributed by atoms with van der Waals surface area (Å²) in [7, 11) is 1.80. The molecule has 3 aromatic heterocycles. The van der Waals surface area contributed by atoms with E-state index in [2.05, 4.69) is 30.6 Å². The number of pyridine rings is 1. The molecule has 0 saturated carbocycles. The first kappa shape index (κ1) is 22.8. The summed E-state index contributed by atoms with van der Waals surface area (Å²) in [6.45, 7) is -0.288. The predicted molar refractivity (Wildman–Crippen MR) is 107 cm³/mol. The summed E-state index contributed by atoms with van der Waals surface area (Å²) in [5.41, 5.74) is 0.0814. The third-order valence-corrected chi connectivity index (χ3v) is 5.18. The second-order valence-corrected chi connectivity index (χ2v) is 7.50. The van der Waals surface area contributed by atoms with Crippen LogP contribution in [0.3, 0.4) is 0 Å². The number of amides is 1. The molecule has 1 aliphatic heterocycles. The summed E-state index contributed by atoms with van der Waals surface area (Å²) in [5, 5.41) is 26.0. The van der Waals surface area contributed by atoms with Crippen LogP contribution in [-0.2, 0) is 18.0 Å². The second-order valence-electron chi connectivity index (χ2n) is 7.50. The van der Waals surface area contributed by atoms with E-state index in [9.17, 15) is 28.2 Å². The molecule has 4 atom stereocenters. The molecule has 4 rings (SSSR count). The summed E-state index contributed by atoms with van der Waals surface area (Å²) in [4.78, 5) is 27.6. The van der Waals surface area contributed by atoms with Crippen LogP contribution in [0.15, 0.2) is 30.9 Å². The lowest BCUT2D eigenvalue weighted by molar-refractivity contribution is -0.141. The van der Waals surface area contributed by atoms with E-state index in [1.54, 1.807) is 24.0 Å². The largest absolute Gasteiger partial charge is 0.434 e. The van der Waals surface area contributed by atoms with Crippen LogP contribution >= 0.6 is 0 Å². The van der Waals surface area contributed by atoms with Crippen LogP contribution in [0.2, 0.25) is 0 Å². The Labute approximate surface area is 184 Å². The smallest absolute Gasteiger partial charge is 0.388 e. The van der Waals surface area contributed by atoms with E-state index in [-0.39, 0.29) is 24.7 Å². The van der Waals surface area contributed by atoms with Gasteiger partial charge in [-0.25, -0.2) is 15.0 Å². The number of hydrogen-bond acceptors (Lipinski definition) is 9. The van der Waals surface area contributed by atoms with Gasteiger partial charge in [0.1, 0.15) is 29.8 Å². The van der Waals surface area contributed by atoms with Gasteiger partial charge in [0.2, 0.25) is 0 Å². The lowest BCUT2D eigenvalue weighted by Crippen LogP contribution is -2.58. The van der Waals surface area contributed by atoms with Gasteiger partial charge in [-0.15, -0.1) is 0 Å². The Morgan fingerprint density at radius 3 is 2.79 bits per heavy atom. The number of aliphatic hydroxyl groups excluding tert-OH is 2. The number of ether oxygens (including phenoxy) is 1.